The zero-order valence-electron chi connectivity index (χ0n) is 15.2. The zero-order valence-corrected chi connectivity index (χ0v) is 16.7. The molecule has 4 rings (SSSR count). The summed E-state index contributed by atoms with van der Waals surface area (Å²) in [6.07, 6.45) is 2.85. The highest BCUT2D eigenvalue weighted by Crippen LogP contribution is 2.61. The van der Waals surface area contributed by atoms with Crippen LogP contribution in [-0.2, 0) is 10.0 Å². The van der Waals surface area contributed by atoms with Crippen LogP contribution in [0.1, 0.15) is 44.0 Å². The number of rotatable bonds is 4. The Hall–Kier alpha value is -1.34. The fraction of sp³-hybridized carbons (Fsp3) is 0.611. The molecule has 3 aliphatic rings. The molecule has 5 nitrogen and oxygen atoms in total. The minimum absolute atomic E-state index is 0.0561. The Morgan fingerprint density at radius 3 is 2.54 bits per heavy atom. The number of amides is 1. The van der Waals surface area contributed by atoms with Crippen molar-refractivity contribution in [2.75, 3.05) is 6.26 Å². The Kier molecular flexibility index (Phi) is 4.76. The molecule has 1 amide bonds. The average molecular weight is 404 g/mol. The van der Waals surface area contributed by atoms with E-state index in [0.29, 0.717) is 23.2 Å². The van der Waals surface area contributed by atoms with Crippen LogP contribution in [-0.4, -0.2) is 26.7 Å². The van der Waals surface area contributed by atoms with Crippen LogP contribution >= 0.6 is 11.6 Å². The molecule has 0 unspecified atom stereocenters. The molecule has 1 aromatic rings. The predicted octanol–water partition coefficient (Wildman–Crippen LogP) is 3.62. The molecule has 0 aliphatic heterocycles. The van der Waals surface area contributed by atoms with Gasteiger partial charge in [0.25, 0.3) is 5.91 Å². The second kappa shape index (κ2) is 6.37. The first-order chi connectivity index (χ1) is 11.9. The molecular weight excluding hydrogens is 381 g/mol. The van der Waals surface area contributed by atoms with Crippen molar-refractivity contribution in [3.8, 4) is 5.75 Å². The third-order valence-corrected chi connectivity index (χ3v) is 6.96. The van der Waals surface area contributed by atoms with Gasteiger partial charge >= 0.3 is 0 Å². The lowest BCUT2D eigenvalue weighted by Crippen LogP contribution is -2.57. The van der Waals surface area contributed by atoms with Gasteiger partial charge in [-0.15, -0.1) is 0 Å². The van der Waals surface area contributed by atoms with E-state index in [0.717, 1.165) is 24.8 Å². The van der Waals surface area contributed by atoms with E-state index < -0.39 is 27.3 Å². The molecule has 3 aliphatic carbocycles. The number of fused-ring (bicyclic) bond motifs is 2. The molecule has 3 fully saturated rings. The standard InChI is InChI=1S/C18H23ClFNO4S/c1-9-12-5-10(18(12,2)3)6-15(9)25-16-8-14(20)11(7-13(16)19)17(22)21-26(4,23)24/h7-10,12,15H,5-6H2,1-4H3,(H,21,22)/t9-,10+,12-,15-/m1/s1. The lowest BCUT2D eigenvalue weighted by atomic mass is 9.45. The first kappa shape index (κ1) is 19.4. The highest BCUT2D eigenvalue weighted by Gasteiger charge is 2.57. The highest BCUT2D eigenvalue weighted by atomic mass is 35.5. The molecule has 26 heavy (non-hydrogen) atoms. The largest absolute Gasteiger partial charge is 0.488 e. The SMILES string of the molecule is C[C@@H]1[C@H]2C[C@@H](C[C@H]1Oc1cc(F)c(C(=O)NS(C)(=O)=O)cc1Cl)C2(C)C. The number of carbonyl (C=O) groups is 1. The molecule has 0 radical (unpaired) electrons. The van der Waals surface area contributed by atoms with E-state index in [1.54, 1.807) is 4.72 Å². The quantitative estimate of drug-likeness (QED) is 0.833. The van der Waals surface area contributed by atoms with Crippen LogP contribution in [0.3, 0.4) is 0 Å². The number of hydrogen-bond acceptors (Lipinski definition) is 4. The van der Waals surface area contributed by atoms with E-state index in [9.17, 15) is 17.6 Å². The fourth-order valence-electron chi connectivity index (χ4n) is 4.44. The number of nitrogens with one attached hydrogen (secondary N) is 1. The predicted molar refractivity (Wildman–Crippen MR) is 97.3 cm³/mol. The first-order valence-electron chi connectivity index (χ1n) is 8.58. The minimum Gasteiger partial charge on any atom is -0.488 e. The Morgan fingerprint density at radius 2 is 2.00 bits per heavy atom. The molecule has 3 saturated carbocycles. The summed E-state index contributed by atoms with van der Waals surface area (Å²) >= 11 is 6.17. The zero-order chi connectivity index (χ0) is 19.4. The Bertz CT molecular complexity index is 855. The van der Waals surface area contributed by atoms with Crippen LogP contribution in [0.5, 0.6) is 5.75 Å². The summed E-state index contributed by atoms with van der Waals surface area (Å²) in [5.41, 5.74) is -0.129. The molecule has 2 bridgehead atoms. The monoisotopic (exact) mass is 403 g/mol. The fourth-order valence-corrected chi connectivity index (χ4v) is 5.09. The van der Waals surface area contributed by atoms with Gasteiger partial charge in [-0.1, -0.05) is 32.4 Å². The van der Waals surface area contributed by atoms with Gasteiger partial charge in [-0.05, 0) is 42.1 Å². The number of carbonyl (C=O) groups excluding carboxylic acids is 1. The number of sulfonamides is 1. The van der Waals surface area contributed by atoms with Crippen molar-refractivity contribution in [3.05, 3.63) is 28.5 Å². The number of hydrogen-bond donors (Lipinski definition) is 1. The first-order valence-corrected chi connectivity index (χ1v) is 10.8. The molecule has 4 atom stereocenters. The summed E-state index contributed by atoms with van der Waals surface area (Å²) < 4.78 is 44.3. The highest BCUT2D eigenvalue weighted by molar-refractivity contribution is 7.89. The maximum atomic E-state index is 14.3. The van der Waals surface area contributed by atoms with Gasteiger partial charge in [0, 0.05) is 6.07 Å². The molecule has 0 heterocycles. The summed E-state index contributed by atoms with van der Waals surface area (Å²) in [6, 6.07) is 2.16. The summed E-state index contributed by atoms with van der Waals surface area (Å²) in [4.78, 5) is 11.9. The second-order valence-electron chi connectivity index (χ2n) is 8.08. The van der Waals surface area contributed by atoms with Crippen LogP contribution in [0.15, 0.2) is 12.1 Å². The van der Waals surface area contributed by atoms with Crippen molar-refractivity contribution < 1.29 is 22.3 Å². The van der Waals surface area contributed by atoms with E-state index in [1.807, 2.05) is 0 Å². The number of ether oxygens (including phenoxy) is 1. The molecular formula is C18H23ClFNO4S. The van der Waals surface area contributed by atoms with Gasteiger partial charge in [-0.25, -0.2) is 17.5 Å². The maximum absolute atomic E-state index is 14.3. The molecule has 0 spiro atoms. The third kappa shape index (κ3) is 3.43. The molecule has 1 N–H and O–H groups in total. The van der Waals surface area contributed by atoms with Gasteiger partial charge in [0.05, 0.1) is 16.8 Å². The average Bonchev–Trinajstić information content (AvgIpc) is 2.49. The van der Waals surface area contributed by atoms with Crippen LogP contribution in [0.4, 0.5) is 4.39 Å². The van der Waals surface area contributed by atoms with Crippen LogP contribution < -0.4 is 9.46 Å². The molecule has 0 saturated heterocycles. The van der Waals surface area contributed by atoms with Gasteiger partial charge in [0.2, 0.25) is 10.0 Å². The van der Waals surface area contributed by atoms with Crippen molar-refractivity contribution in [2.24, 2.45) is 23.2 Å². The Labute approximate surface area is 158 Å². The lowest BCUT2D eigenvalue weighted by Gasteiger charge is -2.61. The van der Waals surface area contributed by atoms with Crippen molar-refractivity contribution >= 4 is 27.5 Å². The van der Waals surface area contributed by atoms with Crippen LogP contribution in [0.25, 0.3) is 0 Å². The third-order valence-electron chi connectivity index (χ3n) is 6.11. The topological polar surface area (TPSA) is 72.5 Å². The summed E-state index contributed by atoms with van der Waals surface area (Å²) in [7, 11) is -3.79. The summed E-state index contributed by atoms with van der Waals surface area (Å²) in [5.74, 6) is -0.294. The van der Waals surface area contributed by atoms with Crippen molar-refractivity contribution in [3.63, 3.8) is 0 Å². The van der Waals surface area contributed by atoms with E-state index in [4.69, 9.17) is 16.3 Å². The van der Waals surface area contributed by atoms with E-state index in [1.165, 1.54) is 6.42 Å². The molecule has 0 aromatic heterocycles. The second-order valence-corrected chi connectivity index (χ2v) is 10.2. The lowest BCUT2D eigenvalue weighted by molar-refractivity contribution is -0.147. The van der Waals surface area contributed by atoms with Gasteiger partial charge in [-0.2, -0.15) is 0 Å². The van der Waals surface area contributed by atoms with Gasteiger partial charge in [0.1, 0.15) is 17.7 Å². The summed E-state index contributed by atoms with van der Waals surface area (Å²) in [6.45, 7) is 6.70. The van der Waals surface area contributed by atoms with Gasteiger partial charge in [-0.3, -0.25) is 4.79 Å². The summed E-state index contributed by atoms with van der Waals surface area (Å²) in [5, 5.41) is 0.0794. The number of benzene rings is 1. The van der Waals surface area contributed by atoms with Crippen molar-refractivity contribution in [1.29, 1.82) is 0 Å². The van der Waals surface area contributed by atoms with Gasteiger partial charge in [0.15, 0.2) is 0 Å². The smallest absolute Gasteiger partial charge is 0.267 e. The minimum atomic E-state index is -3.79. The van der Waals surface area contributed by atoms with E-state index >= 15 is 0 Å². The molecule has 1 aromatic carbocycles. The number of halogens is 2. The Morgan fingerprint density at radius 1 is 1.35 bits per heavy atom. The van der Waals surface area contributed by atoms with Crippen LogP contribution in [0, 0.1) is 29.0 Å². The maximum Gasteiger partial charge on any atom is 0.267 e. The van der Waals surface area contributed by atoms with Crippen LogP contribution in [0.2, 0.25) is 5.02 Å². The molecule has 144 valence electrons. The normalized spacial score (nSPS) is 29.6. The Balaban J connectivity index is 1.78. The van der Waals surface area contributed by atoms with Crippen molar-refractivity contribution in [1.82, 2.24) is 4.72 Å². The van der Waals surface area contributed by atoms with Crippen molar-refractivity contribution in [2.45, 2.75) is 39.7 Å². The molecule has 8 heteroatoms. The van der Waals surface area contributed by atoms with Gasteiger partial charge < -0.3 is 4.74 Å². The van der Waals surface area contributed by atoms with E-state index in [2.05, 4.69) is 20.8 Å². The van der Waals surface area contributed by atoms with E-state index in [-0.39, 0.29) is 16.9 Å².